The van der Waals surface area contributed by atoms with E-state index in [1.807, 2.05) is 18.7 Å². The Bertz CT molecular complexity index is 744. The van der Waals surface area contributed by atoms with Gasteiger partial charge in [0.1, 0.15) is 0 Å². The number of hydrogen-bond donors (Lipinski definition) is 0. The van der Waals surface area contributed by atoms with E-state index in [1.165, 1.54) is 43.2 Å². The first-order chi connectivity index (χ1) is 12.4. The van der Waals surface area contributed by atoms with Crippen molar-refractivity contribution in [3.63, 3.8) is 0 Å². The Hall–Kier alpha value is -1.89. The van der Waals surface area contributed by atoms with Crippen LogP contribution in [0.3, 0.4) is 0 Å². The summed E-state index contributed by atoms with van der Waals surface area (Å²) in [7, 11) is 0. The molecule has 6 nitrogen and oxygen atoms in total. The highest BCUT2D eigenvalue weighted by Crippen LogP contribution is 2.37. The van der Waals surface area contributed by atoms with Gasteiger partial charge in [0.25, 0.3) is 5.69 Å². The minimum atomic E-state index is -0.405. The molecule has 0 bridgehead atoms. The molecule has 1 saturated carbocycles. The number of aliphatic imine (C=N–C) groups is 1. The number of nitro groups is 1. The summed E-state index contributed by atoms with van der Waals surface area (Å²) in [5.74, 6) is 0.633. The van der Waals surface area contributed by atoms with Crippen molar-refractivity contribution in [1.82, 2.24) is 4.90 Å². The molecule has 1 amide bonds. The molecule has 0 spiro atoms. The largest absolute Gasteiger partial charge is 0.287 e. The van der Waals surface area contributed by atoms with Gasteiger partial charge in [-0.1, -0.05) is 31.0 Å². The molecular formula is C19H25N3O3S. The van der Waals surface area contributed by atoms with Crippen LogP contribution >= 0.6 is 11.8 Å². The van der Waals surface area contributed by atoms with Gasteiger partial charge in [0.15, 0.2) is 5.17 Å². The molecule has 1 aliphatic heterocycles. The standard InChI is InChI=1S/C19H25N3O3S/c1-12-11-16(22(24)25)9-10-17(12)20-19-21(18(23)14(3)26-19)13(2)15-7-5-4-6-8-15/h9-11,13-15H,4-8H2,1-3H3/b20-19-/t13-,14?/m0/s1. The van der Waals surface area contributed by atoms with Gasteiger partial charge in [-0.2, -0.15) is 0 Å². The topological polar surface area (TPSA) is 75.8 Å². The van der Waals surface area contributed by atoms with E-state index < -0.39 is 4.92 Å². The maximum atomic E-state index is 12.8. The van der Waals surface area contributed by atoms with Crippen molar-refractivity contribution < 1.29 is 9.72 Å². The lowest BCUT2D eigenvalue weighted by atomic mass is 9.84. The van der Waals surface area contributed by atoms with Crippen molar-refractivity contribution in [3.8, 4) is 0 Å². The molecule has 0 aromatic heterocycles. The molecule has 1 aromatic carbocycles. The molecule has 1 unspecified atom stereocenters. The SMILES string of the molecule is Cc1cc([N+](=O)[O-])ccc1/N=C1\SC(C)C(=O)N1[C@@H](C)C1CCCCC1. The van der Waals surface area contributed by atoms with Crippen LogP contribution < -0.4 is 0 Å². The third-order valence-electron chi connectivity index (χ3n) is 5.42. The normalized spacial score (nSPS) is 24.3. The van der Waals surface area contributed by atoms with Crippen molar-refractivity contribution in [1.29, 1.82) is 0 Å². The lowest BCUT2D eigenvalue weighted by Crippen LogP contribution is -2.43. The molecule has 0 N–H and O–H groups in total. The summed E-state index contributed by atoms with van der Waals surface area (Å²) >= 11 is 1.48. The number of benzene rings is 1. The maximum absolute atomic E-state index is 12.8. The average molecular weight is 375 g/mol. The highest BCUT2D eigenvalue weighted by Gasteiger charge is 2.40. The van der Waals surface area contributed by atoms with Gasteiger partial charge in [-0.3, -0.25) is 19.8 Å². The number of nitro benzene ring substituents is 1. The quantitative estimate of drug-likeness (QED) is 0.558. The van der Waals surface area contributed by atoms with Gasteiger partial charge < -0.3 is 0 Å². The second kappa shape index (κ2) is 7.78. The van der Waals surface area contributed by atoms with E-state index in [1.54, 1.807) is 6.07 Å². The van der Waals surface area contributed by atoms with Gasteiger partial charge in [0.05, 0.1) is 15.9 Å². The Labute approximate surface area is 158 Å². The summed E-state index contributed by atoms with van der Waals surface area (Å²) < 4.78 is 0. The molecule has 140 valence electrons. The van der Waals surface area contributed by atoms with E-state index in [2.05, 4.69) is 6.92 Å². The molecule has 1 heterocycles. The number of carbonyl (C=O) groups is 1. The fourth-order valence-corrected chi connectivity index (χ4v) is 4.87. The minimum Gasteiger partial charge on any atom is -0.287 e. The first-order valence-electron chi connectivity index (χ1n) is 9.22. The Balaban J connectivity index is 1.90. The third-order valence-corrected chi connectivity index (χ3v) is 6.47. The van der Waals surface area contributed by atoms with Crippen LogP contribution in [0.2, 0.25) is 0 Å². The van der Waals surface area contributed by atoms with Crippen molar-refractivity contribution >= 4 is 34.2 Å². The van der Waals surface area contributed by atoms with Crippen molar-refractivity contribution in [2.75, 3.05) is 0 Å². The maximum Gasteiger partial charge on any atom is 0.269 e. The summed E-state index contributed by atoms with van der Waals surface area (Å²) in [6, 6.07) is 4.79. The minimum absolute atomic E-state index is 0.0578. The van der Waals surface area contributed by atoms with E-state index in [-0.39, 0.29) is 22.9 Å². The molecule has 2 atom stereocenters. The summed E-state index contributed by atoms with van der Waals surface area (Å²) in [6.45, 7) is 5.86. The number of thioether (sulfide) groups is 1. The predicted molar refractivity (Wildman–Crippen MR) is 105 cm³/mol. The molecule has 1 aliphatic carbocycles. The number of amides is 1. The summed E-state index contributed by atoms with van der Waals surface area (Å²) in [6.07, 6.45) is 6.06. The number of hydrogen-bond acceptors (Lipinski definition) is 5. The average Bonchev–Trinajstić information content (AvgIpc) is 2.90. The molecule has 1 aromatic rings. The van der Waals surface area contributed by atoms with Crippen LogP contribution in [0, 0.1) is 23.0 Å². The molecule has 1 saturated heterocycles. The van der Waals surface area contributed by atoms with Gasteiger partial charge in [-0.25, -0.2) is 4.99 Å². The van der Waals surface area contributed by atoms with Crippen molar-refractivity contribution in [2.24, 2.45) is 10.9 Å². The summed E-state index contributed by atoms with van der Waals surface area (Å²) in [5.41, 5.74) is 1.48. The van der Waals surface area contributed by atoms with Crippen LogP contribution in [-0.2, 0) is 4.79 Å². The van der Waals surface area contributed by atoms with Crippen LogP contribution in [0.25, 0.3) is 0 Å². The zero-order chi connectivity index (χ0) is 18.8. The molecule has 2 aliphatic rings. The number of carbonyl (C=O) groups excluding carboxylic acids is 1. The van der Waals surface area contributed by atoms with Crippen LogP contribution in [0.1, 0.15) is 51.5 Å². The zero-order valence-corrected chi connectivity index (χ0v) is 16.3. The molecule has 26 heavy (non-hydrogen) atoms. The lowest BCUT2D eigenvalue weighted by Gasteiger charge is -2.34. The summed E-state index contributed by atoms with van der Waals surface area (Å²) in [5, 5.41) is 11.5. The smallest absolute Gasteiger partial charge is 0.269 e. The first kappa shape index (κ1) is 18.9. The van der Waals surface area contributed by atoms with Crippen LogP contribution in [0.5, 0.6) is 0 Å². The van der Waals surface area contributed by atoms with E-state index in [0.717, 1.165) is 23.6 Å². The van der Waals surface area contributed by atoms with E-state index >= 15 is 0 Å². The Kier molecular flexibility index (Phi) is 5.65. The van der Waals surface area contributed by atoms with Crippen LogP contribution in [0.4, 0.5) is 11.4 Å². The van der Waals surface area contributed by atoms with Gasteiger partial charge in [0, 0.05) is 18.2 Å². The number of aryl methyl sites for hydroxylation is 1. The second-order valence-electron chi connectivity index (χ2n) is 7.23. The van der Waals surface area contributed by atoms with Crippen LogP contribution in [-0.4, -0.2) is 32.2 Å². The Morgan fingerprint density at radius 3 is 2.62 bits per heavy atom. The molecule has 2 fully saturated rings. The fraction of sp³-hybridized carbons (Fsp3) is 0.579. The van der Waals surface area contributed by atoms with Gasteiger partial charge in [-0.15, -0.1) is 0 Å². The van der Waals surface area contributed by atoms with Gasteiger partial charge in [-0.05, 0) is 51.2 Å². The predicted octanol–water partition coefficient (Wildman–Crippen LogP) is 4.82. The first-order valence-corrected chi connectivity index (χ1v) is 10.1. The van der Waals surface area contributed by atoms with Gasteiger partial charge in [0.2, 0.25) is 5.91 Å². The van der Waals surface area contributed by atoms with E-state index in [0.29, 0.717) is 11.6 Å². The number of non-ortho nitro benzene ring substituents is 1. The highest BCUT2D eigenvalue weighted by atomic mass is 32.2. The van der Waals surface area contributed by atoms with Gasteiger partial charge >= 0.3 is 0 Å². The highest BCUT2D eigenvalue weighted by molar-refractivity contribution is 8.15. The van der Waals surface area contributed by atoms with Crippen molar-refractivity contribution in [2.45, 2.75) is 64.2 Å². The zero-order valence-electron chi connectivity index (χ0n) is 15.5. The van der Waals surface area contributed by atoms with E-state index in [9.17, 15) is 14.9 Å². The number of rotatable bonds is 4. The number of nitrogens with zero attached hydrogens (tertiary/aromatic N) is 3. The molecule has 7 heteroatoms. The Morgan fingerprint density at radius 2 is 2.00 bits per heavy atom. The van der Waals surface area contributed by atoms with E-state index in [4.69, 9.17) is 4.99 Å². The second-order valence-corrected chi connectivity index (χ2v) is 8.54. The number of amidine groups is 1. The lowest BCUT2D eigenvalue weighted by molar-refractivity contribution is -0.384. The molecule has 0 radical (unpaired) electrons. The molecule has 3 rings (SSSR count). The van der Waals surface area contributed by atoms with Crippen LogP contribution in [0.15, 0.2) is 23.2 Å². The molecular weight excluding hydrogens is 350 g/mol. The monoisotopic (exact) mass is 375 g/mol. The van der Waals surface area contributed by atoms with Crippen molar-refractivity contribution in [3.05, 3.63) is 33.9 Å². The summed E-state index contributed by atoms with van der Waals surface area (Å²) in [4.78, 5) is 29.9. The fourth-order valence-electron chi connectivity index (χ4n) is 3.82. The Morgan fingerprint density at radius 1 is 1.31 bits per heavy atom. The third kappa shape index (κ3) is 3.77.